The van der Waals surface area contributed by atoms with Gasteiger partial charge in [-0.2, -0.15) is 5.10 Å². The summed E-state index contributed by atoms with van der Waals surface area (Å²) in [7, 11) is 0. The molecular formula is C10H11N3O4. The highest BCUT2D eigenvalue weighted by Gasteiger charge is 2.04. The average molecular weight is 237 g/mol. The molecule has 17 heavy (non-hydrogen) atoms. The van der Waals surface area contributed by atoms with Crippen molar-refractivity contribution in [1.29, 1.82) is 0 Å². The molecule has 0 aromatic heterocycles. The zero-order chi connectivity index (χ0) is 12.7. The Hall–Kier alpha value is -2.44. The minimum Gasteiger partial charge on any atom is -0.449 e. The van der Waals surface area contributed by atoms with E-state index in [-0.39, 0.29) is 12.3 Å². The molecule has 0 aliphatic carbocycles. The van der Waals surface area contributed by atoms with E-state index >= 15 is 0 Å². The summed E-state index contributed by atoms with van der Waals surface area (Å²) < 4.78 is 4.57. The number of non-ortho nitro benzene ring substituents is 1. The second kappa shape index (κ2) is 6.21. The van der Waals surface area contributed by atoms with E-state index in [1.54, 1.807) is 13.0 Å². The first-order valence-electron chi connectivity index (χ1n) is 4.83. The number of amides is 1. The van der Waals surface area contributed by atoms with Crippen LogP contribution < -0.4 is 5.43 Å². The number of ether oxygens (including phenoxy) is 1. The summed E-state index contributed by atoms with van der Waals surface area (Å²) in [5.41, 5.74) is 2.59. The van der Waals surface area contributed by atoms with Gasteiger partial charge in [-0.25, -0.2) is 10.2 Å². The normalized spacial score (nSPS) is 10.2. The predicted molar refractivity (Wildman–Crippen MR) is 60.8 cm³/mol. The van der Waals surface area contributed by atoms with Gasteiger partial charge in [-0.1, -0.05) is 12.1 Å². The van der Waals surface area contributed by atoms with E-state index in [1.807, 2.05) is 0 Å². The van der Waals surface area contributed by atoms with Crippen LogP contribution in [0.15, 0.2) is 29.4 Å². The Labute approximate surface area is 97.2 Å². The summed E-state index contributed by atoms with van der Waals surface area (Å²) in [6.07, 6.45) is 0.624. The Bertz CT molecular complexity index is 445. The Morgan fingerprint density at radius 2 is 2.41 bits per heavy atom. The lowest BCUT2D eigenvalue weighted by molar-refractivity contribution is -0.384. The minimum atomic E-state index is -0.672. The van der Waals surface area contributed by atoms with Gasteiger partial charge in [-0.05, 0) is 6.92 Å². The van der Waals surface area contributed by atoms with Gasteiger partial charge < -0.3 is 4.74 Å². The SMILES string of the molecule is CCOC(=O)N/N=C\c1cccc([N+](=O)[O-])c1. The predicted octanol–water partition coefficient (Wildman–Crippen LogP) is 1.67. The standard InChI is InChI=1S/C10H11N3O4/c1-2-17-10(14)12-11-7-8-4-3-5-9(6-8)13(15)16/h3-7H,2H2,1H3,(H,12,14)/b11-7-. The fourth-order valence-corrected chi connectivity index (χ4v) is 1.04. The lowest BCUT2D eigenvalue weighted by Crippen LogP contribution is -2.18. The zero-order valence-electron chi connectivity index (χ0n) is 9.12. The zero-order valence-corrected chi connectivity index (χ0v) is 9.12. The van der Waals surface area contributed by atoms with E-state index in [0.29, 0.717) is 5.56 Å². The van der Waals surface area contributed by atoms with E-state index in [2.05, 4.69) is 15.3 Å². The Balaban J connectivity index is 2.62. The van der Waals surface area contributed by atoms with Crippen molar-refractivity contribution >= 4 is 18.0 Å². The van der Waals surface area contributed by atoms with E-state index in [0.717, 1.165) is 0 Å². The third-order valence-corrected chi connectivity index (χ3v) is 1.73. The van der Waals surface area contributed by atoms with E-state index in [9.17, 15) is 14.9 Å². The van der Waals surface area contributed by atoms with Crippen LogP contribution in [0.3, 0.4) is 0 Å². The van der Waals surface area contributed by atoms with Crippen LogP contribution in [0, 0.1) is 10.1 Å². The maximum atomic E-state index is 10.9. The maximum Gasteiger partial charge on any atom is 0.427 e. The average Bonchev–Trinajstić information content (AvgIpc) is 2.30. The van der Waals surface area contributed by atoms with Crippen molar-refractivity contribution in [3.05, 3.63) is 39.9 Å². The lowest BCUT2D eigenvalue weighted by Gasteiger charge is -1.98. The van der Waals surface area contributed by atoms with Crippen LogP contribution in [0.4, 0.5) is 10.5 Å². The number of nitrogens with zero attached hydrogens (tertiary/aromatic N) is 2. The van der Waals surface area contributed by atoms with Crippen molar-refractivity contribution in [2.24, 2.45) is 5.10 Å². The van der Waals surface area contributed by atoms with Crippen LogP contribution in [-0.4, -0.2) is 23.8 Å². The molecule has 0 saturated heterocycles. The van der Waals surface area contributed by atoms with Gasteiger partial charge in [-0.3, -0.25) is 10.1 Å². The minimum absolute atomic E-state index is 0.0370. The Kier molecular flexibility index (Phi) is 4.61. The molecule has 0 fully saturated rings. The number of carbonyl (C=O) groups is 1. The van der Waals surface area contributed by atoms with Gasteiger partial charge >= 0.3 is 6.09 Å². The number of carbonyl (C=O) groups excluding carboxylic acids is 1. The molecule has 1 aromatic rings. The van der Waals surface area contributed by atoms with E-state index in [1.165, 1.54) is 24.4 Å². The van der Waals surface area contributed by atoms with Gasteiger partial charge in [0.15, 0.2) is 0 Å². The molecule has 0 heterocycles. The molecule has 0 saturated carbocycles. The summed E-state index contributed by atoms with van der Waals surface area (Å²) in [4.78, 5) is 20.8. The van der Waals surface area contributed by atoms with Gasteiger partial charge in [0.2, 0.25) is 0 Å². The third-order valence-electron chi connectivity index (χ3n) is 1.73. The molecule has 0 aliphatic rings. The first-order chi connectivity index (χ1) is 8.13. The summed E-state index contributed by atoms with van der Waals surface area (Å²) >= 11 is 0. The number of hydrazone groups is 1. The largest absolute Gasteiger partial charge is 0.449 e. The van der Waals surface area contributed by atoms with Gasteiger partial charge in [-0.15, -0.1) is 0 Å². The van der Waals surface area contributed by atoms with Crippen molar-refractivity contribution in [2.75, 3.05) is 6.61 Å². The van der Waals surface area contributed by atoms with Gasteiger partial charge in [0, 0.05) is 17.7 Å². The van der Waals surface area contributed by atoms with Crippen LogP contribution in [0.25, 0.3) is 0 Å². The smallest absolute Gasteiger partial charge is 0.427 e. The molecule has 0 aliphatic heterocycles. The number of rotatable bonds is 4. The first-order valence-corrected chi connectivity index (χ1v) is 4.83. The summed E-state index contributed by atoms with van der Waals surface area (Å²) in [5.74, 6) is 0. The summed E-state index contributed by atoms with van der Waals surface area (Å²) in [6, 6.07) is 5.87. The molecule has 7 nitrogen and oxygen atoms in total. The fraction of sp³-hybridized carbons (Fsp3) is 0.200. The molecule has 0 atom stereocenters. The summed E-state index contributed by atoms with van der Waals surface area (Å²) in [6.45, 7) is 1.92. The lowest BCUT2D eigenvalue weighted by atomic mass is 10.2. The molecule has 1 rings (SSSR count). The Morgan fingerprint density at radius 1 is 1.65 bits per heavy atom. The van der Waals surface area contributed by atoms with Gasteiger partial charge in [0.1, 0.15) is 0 Å². The van der Waals surface area contributed by atoms with E-state index in [4.69, 9.17) is 0 Å². The number of nitrogens with one attached hydrogen (secondary N) is 1. The molecule has 0 radical (unpaired) electrons. The Morgan fingerprint density at radius 3 is 3.06 bits per heavy atom. The van der Waals surface area contributed by atoms with Crippen molar-refractivity contribution in [3.63, 3.8) is 0 Å². The number of hydrogen-bond acceptors (Lipinski definition) is 5. The van der Waals surface area contributed by atoms with Crippen molar-refractivity contribution < 1.29 is 14.5 Å². The van der Waals surface area contributed by atoms with Crippen molar-refractivity contribution in [2.45, 2.75) is 6.92 Å². The van der Waals surface area contributed by atoms with Gasteiger partial charge in [0.05, 0.1) is 17.7 Å². The second-order valence-electron chi connectivity index (χ2n) is 2.94. The summed E-state index contributed by atoms with van der Waals surface area (Å²) in [5, 5.41) is 14.1. The van der Waals surface area contributed by atoms with Crippen LogP contribution in [-0.2, 0) is 4.74 Å². The molecule has 0 unspecified atom stereocenters. The van der Waals surface area contributed by atoms with Crippen LogP contribution in [0.1, 0.15) is 12.5 Å². The third kappa shape index (κ3) is 4.29. The number of hydrogen-bond donors (Lipinski definition) is 1. The maximum absolute atomic E-state index is 10.9. The highest BCUT2D eigenvalue weighted by molar-refractivity contribution is 5.81. The van der Waals surface area contributed by atoms with E-state index < -0.39 is 11.0 Å². The molecule has 90 valence electrons. The van der Waals surface area contributed by atoms with Crippen LogP contribution in [0.2, 0.25) is 0 Å². The monoisotopic (exact) mass is 237 g/mol. The molecule has 7 heteroatoms. The highest BCUT2D eigenvalue weighted by atomic mass is 16.6. The molecule has 0 spiro atoms. The molecular weight excluding hydrogens is 226 g/mol. The van der Waals surface area contributed by atoms with Crippen LogP contribution in [0.5, 0.6) is 0 Å². The van der Waals surface area contributed by atoms with Gasteiger partial charge in [0.25, 0.3) is 5.69 Å². The molecule has 1 amide bonds. The molecule has 1 aromatic carbocycles. The number of nitro benzene ring substituents is 1. The number of benzene rings is 1. The number of nitro groups is 1. The van der Waals surface area contributed by atoms with Crippen LogP contribution >= 0.6 is 0 Å². The fourth-order valence-electron chi connectivity index (χ4n) is 1.04. The molecule has 1 N–H and O–H groups in total. The van der Waals surface area contributed by atoms with Crippen molar-refractivity contribution in [3.8, 4) is 0 Å². The topological polar surface area (TPSA) is 93.8 Å². The highest BCUT2D eigenvalue weighted by Crippen LogP contribution is 2.11. The van der Waals surface area contributed by atoms with Crippen molar-refractivity contribution in [1.82, 2.24) is 5.43 Å². The second-order valence-corrected chi connectivity index (χ2v) is 2.94. The quantitative estimate of drug-likeness (QED) is 0.489. The first kappa shape index (κ1) is 12.6. The molecule has 0 bridgehead atoms.